The van der Waals surface area contributed by atoms with Crippen LogP contribution in [0.15, 0.2) is 40.9 Å². The minimum atomic E-state index is -0.900. The zero-order chi connectivity index (χ0) is 10.1. The molecule has 1 N–H and O–H groups in total. The van der Waals surface area contributed by atoms with E-state index in [9.17, 15) is 4.79 Å². The first kappa shape index (κ1) is 12.6. The van der Waals surface area contributed by atoms with E-state index in [-0.39, 0.29) is 25.8 Å². The molecular weight excluding hydrogens is 359 g/mol. The molecule has 2 aromatic carbocycles. The van der Waals surface area contributed by atoms with Crippen molar-refractivity contribution in [3.05, 3.63) is 46.4 Å². The number of benzene rings is 2. The number of hydrogen-bond donors (Lipinski definition) is 1. The third kappa shape index (κ3) is 2.37. The van der Waals surface area contributed by atoms with E-state index >= 15 is 0 Å². The van der Waals surface area contributed by atoms with Crippen molar-refractivity contribution in [3.8, 4) is 0 Å². The first-order chi connectivity index (χ1) is 6.70. The van der Waals surface area contributed by atoms with E-state index in [0.29, 0.717) is 5.56 Å². The number of rotatable bonds is 1. The summed E-state index contributed by atoms with van der Waals surface area (Å²) in [7, 11) is 0. The summed E-state index contributed by atoms with van der Waals surface area (Å²) >= 11 is 3.35. The Morgan fingerprint density at radius 3 is 2.33 bits per heavy atom. The van der Waals surface area contributed by atoms with E-state index in [4.69, 9.17) is 5.11 Å². The van der Waals surface area contributed by atoms with Crippen LogP contribution in [0.25, 0.3) is 10.8 Å². The second-order valence-corrected chi connectivity index (χ2v) is 3.80. The Morgan fingerprint density at radius 1 is 1.13 bits per heavy atom. The van der Waals surface area contributed by atoms with Gasteiger partial charge in [-0.25, -0.2) is 4.79 Å². The van der Waals surface area contributed by atoms with Crippen molar-refractivity contribution < 1.29 is 9.90 Å². The number of carbonyl (C=O) groups is 1. The maximum absolute atomic E-state index is 10.9. The van der Waals surface area contributed by atoms with E-state index in [1.807, 2.05) is 24.3 Å². The summed E-state index contributed by atoms with van der Waals surface area (Å²) in [5.41, 5.74) is 0.329. The molecular formula is C11H10BrInO2. The van der Waals surface area contributed by atoms with Gasteiger partial charge < -0.3 is 5.11 Å². The summed E-state index contributed by atoms with van der Waals surface area (Å²) in [5.74, 6) is -0.900. The normalized spacial score (nSPS) is 9.67. The summed E-state index contributed by atoms with van der Waals surface area (Å²) in [6.07, 6.45) is 0. The van der Waals surface area contributed by atoms with Crippen LogP contribution in [0.2, 0.25) is 0 Å². The van der Waals surface area contributed by atoms with Gasteiger partial charge in [0.25, 0.3) is 0 Å². The van der Waals surface area contributed by atoms with E-state index in [1.165, 1.54) is 0 Å². The number of halogens is 1. The van der Waals surface area contributed by atoms with Crippen molar-refractivity contribution in [1.29, 1.82) is 0 Å². The van der Waals surface area contributed by atoms with Crippen molar-refractivity contribution in [2.24, 2.45) is 0 Å². The molecule has 0 unspecified atom stereocenters. The summed E-state index contributed by atoms with van der Waals surface area (Å²) in [5, 5.41) is 10.7. The molecule has 2 nitrogen and oxygen atoms in total. The Kier molecular flexibility index (Phi) is 4.22. The summed E-state index contributed by atoms with van der Waals surface area (Å²) in [6.45, 7) is 0. The molecule has 0 saturated carbocycles. The van der Waals surface area contributed by atoms with Crippen LogP contribution < -0.4 is 0 Å². The van der Waals surface area contributed by atoms with Crippen LogP contribution in [0.4, 0.5) is 0 Å². The zero-order valence-corrected chi connectivity index (χ0v) is 8.78. The van der Waals surface area contributed by atoms with Crippen molar-refractivity contribution in [1.82, 2.24) is 0 Å². The standard InChI is InChI=1S/C11H7BrO2.In.3H/c12-9-6-2-4-7-3-1-5-8(10(7)9)11(13)14;;;;/h1-6H,(H,13,14);;;;. The fraction of sp³-hybridized carbons (Fsp3) is 0. The molecule has 0 radical (unpaired) electrons. The van der Waals surface area contributed by atoms with Crippen molar-refractivity contribution in [3.63, 3.8) is 0 Å². The molecule has 4 heteroatoms. The van der Waals surface area contributed by atoms with Crippen LogP contribution in [0.3, 0.4) is 0 Å². The van der Waals surface area contributed by atoms with Crippen LogP contribution in [0, 0.1) is 0 Å². The first-order valence-electron chi connectivity index (χ1n) is 4.10. The van der Waals surface area contributed by atoms with E-state index in [0.717, 1.165) is 15.2 Å². The number of carboxylic acids is 1. The minimum absolute atomic E-state index is 0. The van der Waals surface area contributed by atoms with Gasteiger partial charge >= 0.3 is 31.8 Å². The Bertz CT molecular complexity index is 506. The van der Waals surface area contributed by atoms with Crippen LogP contribution in [-0.2, 0) is 0 Å². The quantitative estimate of drug-likeness (QED) is 0.837. The SMILES string of the molecule is O=C(O)c1cccc2cccc(Br)c12.[InH3]. The molecule has 0 fully saturated rings. The van der Waals surface area contributed by atoms with Gasteiger partial charge in [0.2, 0.25) is 0 Å². The molecule has 15 heavy (non-hydrogen) atoms. The molecule has 0 heterocycles. The van der Waals surface area contributed by atoms with E-state index in [2.05, 4.69) is 15.9 Å². The maximum atomic E-state index is 10.9. The van der Waals surface area contributed by atoms with Crippen LogP contribution in [-0.4, -0.2) is 36.9 Å². The first-order valence-corrected chi connectivity index (χ1v) is 4.90. The molecule has 0 bridgehead atoms. The predicted molar refractivity (Wildman–Crippen MR) is 68.5 cm³/mol. The van der Waals surface area contributed by atoms with Crippen LogP contribution in [0.1, 0.15) is 10.4 Å². The Labute approximate surface area is 114 Å². The van der Waals surface area contributed by atoms with Crippen molar-refractivity contribution >= 4 is 58.5 Å². The molecule has 0 spiro atoms. The molecule has 0 aliphatic heterocycles. The molecule has 0 saturated heterocycles. The Balaban J connectivity index is 0.00000112. The van der Waals surface area contributed by atoms with E-state index < -0.39 is 5.97 Å². The van der Waals surface area contributed by atoms with Gasteiger partial charge in [0, 0.05) is 9.86 Å². The predicted octanol–water partition coefficient (Wildman–Crippen LogP) is 2.12. The van der Waals surface area contributed by atoms with Gasteiger partial charge in [-0.05, 0) is 17.5 Å². The summed E-state index contributed by atoms with van der Waals surface area (Å²) < 4.78 is 0.813. The third-order valence-corrected chi connectivity index (χ3v) is 2.75. The number of hydrogen-bond acceptors (Lipinski definition) is 1. The molecule has 0 aliphatic rings. The second kappa shape index (κ2) is 5.03. The van der Waals surface area contributed by atoms with Gasteiger partial charge in [-0.15, -0.1) is 0 Å². The number of aromatic carboxylic acids is 1. The van der Waals surface area contributed by atoms with Gasteiger partial charge in [0.1, 0.15) is 0 Å². The number of carboxylic acid groups (broad SMARTS) is 1. The molecule has 2 aromatic rings. The Morgan fingerprint density at radius 2 is 1.73 bits per heavy atom. The van der Waals surface area contributed by atoms with Gasteiger partial charge in [0.05, 0.1) is 5.56 Å². The van der Waals surface area contributed by atoms with Crippen molar-refractivity contribution in [2.45, 2.75) is 0 Å². The molecule has 0 aromatic heterocycles. The monoisotopic (exact) mass is 368 g/mol. The molecule has 2 rings (SSSR count). The number of fused-ring (bicyclic) bond motifs is 1. The molecule has 0 amide bonds. The van der Waals surface area contributed by atoms with Gasteiger partial charge in [-0.3, -0.25) is 0 Å². The average Bonchev–Trinajstić information content (AvgIpc) is 2.17. The molecule has 0 aliphatic carbocycles. The summed E-state index contributed by atoms with van der Waals surface area (Å²) in [4.78, 5) is 10.9. The Hall–Kier alpha value is -0.480. The van der Waals surface area contributed by atoms with E-state index in [1.54, 1.807) is 12.1 Å². The molecule has 76 valence electrons. The molecule has 0 atom stereocenters. The second-order valence-electron chi connectivity index (χ2n) is 2.95. The zero-order valence-electron chi connectivity index (χ0n) is 7.20. The van der Waals surface area contributed by atoms with Gasteiger partial charge in [-0.1, -0.05) is 40.2 Å². The fourth-order valence-corrected chi connectivity index (χ4v) is 2.07. The van der Waals surface area contributed by atoms with Gasteiger partial charge in [0.15, 0.2) is 0 Å². The fourth-order valence-electron chi connectivity index (χ4n) is 1.47. The third-order valence-electron chi connectivity index (χ3n) is 2.08. The van der Waals surface area contributed by atoms with Crippen LogP contribution >= 0.6 is 15.9 Å². The van der Waals surface area contributed by atoms with Crippen molar-refractivity contribution in [2.75, 3.05) is 0 Å². The average molecular weight is 369 g/mol. The summed E-state index contributed by atoms with van der Waals surface area (Å²) in [6, 6.07) is 10.9. The van der Waals surface area contributed by atoms with Gasteiger partial charge in [-0.2, -0.15) is 0 Å². The van der Waals surface area contributed by atoms with Crippen LogP contribution in [0.5, 0.6) is 0 Å². The topological polar surface area (TPSA) is 37.3 Å².